The first-order chi connectivity index (χ1) is 6.45. The molecule has 3 heteroatoms. The number of rotatable bonds is 2. The van der Waals surface area contributed by atoms with E-state index in [9.17, 15) is 0 Å². The Kier molecular flexibility index (Phi) is 2.27. The van der Waals surface area contributed by atoms with Crippen LogP contribution in [0.5, 0.6) is 0 Å². The molecule has 0 aliphatic carbocycles. The van der Waals surface area contributed by atoms with Crippen molar-refractivity contribution in [3.8, 4) is 0 Å². The highest BCUT2D eigenvalue weighted by molar-refractivity contribution is 5.12. The zero-order valence-corrected chi connectivity index (χ0v) is 7.09. The molecule has 0 atom stereocenters. The molecule has 0 aliphatic heterocycles. The average Bonchev–Trinajstić information content (AvgIpc) is 2.21. The summed E-state index contributed by atoms with van der Waals surface area (Å²) in [7, 11) is 0. The summed E-state index contributed by atoms with van der Waals surface area (Å²) in [6, 6.07) is 7.77. The number of hydrogen-bond donors (Lipinski definition) is 0. The molecule has 0 aromatic carbocycles. The molecule has 0 spiro atoms. The number of aromatic nitrogens is 3. The highest BCUT2D eigenvalue weighted by Gasteiger charge is 1.95. The van der Waals surface area contributed by atoms with Crippen LogP contribution in [0.1, 0.15) is 11.4 Å². The Morgan fingerprint density at radius 2 is 1.85 bits per heavy atom. The van der Waals surface area contributed by atoms with Gasteiger partial charge >= 0.3 is 0 Å². The fourth-order valence-corrected chi connectivity index (χ4v) is 1.11. The van der Waals surface area contributed by atoms with Crippen molar-refractivity contribution in [1.82, 2.24) is 15.0 Å². The highest BCUT2D eigenvalue weighted by Crippen LogP contribution is 2.01. The first-order valence-corrected chi connectivity index (χ1v) is 4.10. The molecule has 0 aliphatic rings. The van der Waals surface area contributed by atoms with Crippen molar-refractivity contribution in [3.63, 3.8) is 0 Å². The largest absolute Gasteiger partial charge is 0.261 e. The molecule has 2 heterocycles. The maximum Gasteiger partial charge on any atom is 0.115 e. The Bertz CT molecular complexity index is 321. The molecule has 0 fully saturated rings. The SMILES string of the molecule is c1ccc(Cc2ccncn2)nc1. The monoisotopic (exact) mass is 171 g/mol. The third-order valence-electron chi connectivity index (χ3n) is 1.73. The molecule has 64 valence electrons. The van der Waals surface area contributed by atoms with Crippen LogP contribution < -0.4 is 0 Å². The normalized spacial score (nSPS) is 9.85. The summed E-state index contributed by atoms with van der Waals surface area (Å²) >= 11 is 0. The molecule has 0 bridgehead atoms. The highest BCUT2D eigenvalue weighted by atomic mass is 14.8. The van der Waals surface area contributed by atoms with E-state index in [0.717, 1.165) is 17.8 Å². The lowest BCUT2D eigenvalue weighted by Crippen LogP contribution is -1.93. The van der Waals surface area contributed by atoms with Gasteiger partial charge in [-0.05, 0) is 18.2 Å². The Morgan fingerprint density at radius 3 is 2.54 bits per heavy atom. The predicted octanol–water partition coefficient (Wildman–Crippen LogP) is 1.46. The zero-order valence-electron chi connectivity index (χ0n) is 7.09. The van der Waals surface area contributed by atoms with Crippen molar-refractivity contribution in [2.24, 2.45) is 0 Å². The van der Waals surface area contributed by atoms with Gasteiger partial charge in [-0.3, -0.25) is 4.98 Å². The summed E-state index contributed by atoms with van der Waals surface area (Å²) in [4.78, 5) is 12.2. The average molecular weight is 171 g/mol. The molecular formula is C10H9N3. The summed E-state index contributed by atoms with van der Waals surface area (Å²) in [6.45, 7) is 0. The smallest absolute Gasteiger partial charge is 0.115 e. The van der Waals surface area contributed by atoms with E-state index in [1.165, 1.54) is 0 Å². The Labute approximate surface area is 76.5 Å². The minimum Gasteiger partial charge on any atom is -0.261 e. The summed E-state index contributed by atoms with van der Waals surface area (Å²) in [5.74, 6) is 0. The van der Waals surface area contributed by atoms with Gasteiger partial charge in [0.1, 0.15) is 6.33 Å². The van der Waals surface area contributed by atoms with Crippen LogP contribution in [0.3, 0.4) is 0 Å². The van der Waals surface area contributed by atoms with Gasteiger partial charge in [0.2, 0.25) is 0 Å². The first kappa shape index (κ1) is 7.86. The summed E-state index contributed by atoms with van der Waals surface area (Å²) < 4.78 is 0. The first-order valence-electron chi connectivity index (χ1n) is 4.10. The number of pyridine rings is 1. The lowest BCUT2D eigenvalue weighted by Gasteiger charge is -1.97. The fourth-order valence-electron chi connectivity index (χ4n) is 1.11. The van der Waals surface area contributed by atoms with Gasteiger partial charge in [0.15, 0.2) is 0 Å². The third kappa shape index (κ3) is 2.08. The van der Waals surface area contributed by atoms with Crippen LogP contribution in [0.25, 0.3) is 0 Å². The third-order valence-corrected chi connectivity index (χ3v) is 1.73. The van der Waals surface area contributed by atoms with Crippen LogP contribution in [0.4, 0.5) is 0 Å². The van der Waals surface area contributed by atoms with E-state index in [-0.39, 0.29) is 0 Å². The number of nitrogens with zero attached hydrogens (tertiary/aromatic N) is 3. The van der Waals surface area contributed by atoms with E-state index in [4.69, 9.17) is 0 Å². The molecule has 0 saturated heterocycles. The van der Waals surface area contributed by atoms with Gasteiger partial charge in [-0.2, -0.15) is 0 Å². The Balaban J connectivity index is 2.16. The van der Waals surface area contributed by atoms with E-state index in [2.05, 4.69) is 15.0 Å². The van der Waals surface area contributed by atoms with Gasteiger partial charge < -0.3 is 0 Å². The molecule has 2 aromatic heterocycles. The standard InChI is InChI=1S/C10H9N3/c1-2-5-12-9(3-1)7-10-4-6-11-8-13-10/h1-6,8H,7H2. The fraction of sp³-hybridized carbons (Fsp3) is 0.100. The van der Waals surface area contributed by atoms with E-state index in [1.54, 1.807) is 18.7 Å². The van der Waals surface area contributed by atoms with Gasteiger partial charge in [0, 0.05) is 30.2 Å². The van der Waals surface area contributed by atoms with E-state index in [1.807, 2.05) is 24.3 Å². The molecular weight excluding hydrogens is 162 g/mol. The van der Waals surface area contributed by atoms with Gasteiger partial charge in [-0.15, -0.1) is 0 Å². The second kappa shape index (κ2) is 3.76. The van der Waals surface area contributed by atoms with Crippen molar-refractivity contribution >= 4 is 0 Å². The van der Waals surface area contributed by atoms with Gasteiger partial charge in [0.05, 0.1) is 0 Å². The molecule has 0 saturated carbocycles. The lowest BCUT2D eigenvalue weighted by molar-refractivity contribution is 0.986. The molecule has 0 N–H and O–H groups in total. The van der Waals surface area contributed by atoms with E-state index >= 15 is 0 Å². The maximum atomic E-state index is 4.21. The van der Waals surface area contributed by atoms with Crippen LogP contribution in [-0.2, 0) is 6.42 Å². The summed E-state index contributed by atoms with van der Waals surface area (Å²) in [5.41, 5.74) is 2.02. The van der Waals surface area contributed by atoms with Crippen LogP contribution in [0.15, 0.2) is 43.0 Å². The van der Waals surface area contributed by atoms with Crippen LogP contribution in [-0.4, -0.2) is 15.0 Å². The molecule has 0 amide bonds. The van der Waals surface area contributed by atoms with Gasteiger partial charge in [0.25, 0.3) is 0 Å². The molecule has 13 heavy (non-hydrogen) atoms. The summed E-state index contributed by atoms with van der Waals surface area (Å²) in [6.07, 6.45) is 5.85. The van der Waals surface area contributed by atoms with Crippen molar-refractivity contribution in [2.75, 3.05) is 0 Å². The molecule has 2 aromatic rings. The minimum atomic E-state index is 0.767. The molecule has 2 rings (SSSR count). The van der Waals surface area contributed by atoms with Crippen LogP contribution in [0, 0.1) is 0 Å². The predicted molar refractivity (Wildman–Crippen MR) is 49.1 cm³/mol. The zero-order chi connectivity index (χ0) is 8.93. The van der Waals surface area contributed by atoms with Gasteiger partial charge in [-0.25, -0.2) is 9.97 Å². The topological polar surface area (TPSA) is 38.7 Å². The van der Waals surface area contributed by atoms with Crippen LogP contribution >= 0.6 is 0 Å². The van der Waals surface area contributed by atoms with Crippen molar-refractivity contribution in [2.45, 2.75) is 6.42 Å². The minimum absolute atomic E-state index is 0.767. The van der Waals surface area contributed by atoms with Gasteiger partial charge in [-0.1, -0.05) is 6.07 Å². The molecule has 3 nitrogen and oxygen atoms in total. The van der Waals surface area contributed by atoms with E-state index < -0.39 is 0 Å². The van der Waals surface area contributed by atoms with Crippen LogP contribution in [0.2, 0.25) is 0 Å². The molecule has 0 radical (unpaired) electrons. The quantitative estimate of drug-likeness (QED) is 0.686. The Hall–Kier alpha value is -1.77. The second-order valence-electron chi connectivity index (χ2n) is 2.70. The lowest BCUT2D eigenvalue weighted by atomic mass is 10.2. The van der Waals surface area contributed by atoms with E-state index in [0.29, 0.717) is 0 Å². The van der Waals surface area contributed by atoms with Crippen molar-refractivity contribution < 1.29 is 0 Å². The van der Waals surface area contributed by atoms with Crippen molar-refractivity contribution in [1.29, 1.82) is 0 Å². The Morgan fingerprint density at radius 1 is 0.923 bits per heavy atom. The summed E-state index contributed by atoms with van der Waals surface area (Å²) in [5, 5.41) is 0. The second-order valence-corrected chi connectivity index (χ2v) is 2.70. The molecule has 0 unspecified atom stereocenters. The maximum absolute atomic E-state index is 4.21. The van der Waals surface area contributed by atoms with Crippen molar-refractivity contribution in [3.05, 3.63) is 54.4 Å². The number of hydrogen-bond acceptors (Lipinski definition) is 3.